The molecule has 2 N–H and O–H groups in total. The lowest BCUT2D eigenvalue weighted by Crippen LogP contribution is -2.48. The van der Waals surface area contributed by atoms with E-state index in [2.05, 4.69) is 26.8 Å². The van der Waals surface area contributed by atoms with Gasteiger partial charge in [-0.3, -0.25) is 4.79 Å². The molecule has 0 aliphatic carbocycles. The fraction of sp³-hybridized carbons (Fsp3) is 0.407. The zero-order valence-electron chi connectivity index (χ0n) is 20.4. The van der Waals surface area contributed by atoms with Crippen molar-refractivity contribution >= 4 is 28.3 Å². The summed E-state index contributed by atoms with van der Waals surface area (Å²) < 4.78 is 47.4. The maximum Gasteiger partial charge on any atom is 0.408 e. The lowest BCUT2D eigenvalue weighted by molar-refractivity contribution is -0.157. The van der Waals surface area contributed by atoms with E-state index >= 15 is 0 Å². The smallest absolute Gasteiger partial charge is 0.378 e. The van der Waals surface area contributed by atoms with Gasteiger partial charge in [-0.2, -0.15) is 13.2 Å². The van der Waals surface area contributed by atoms with Crippen molar-refractivity contribution in [3.63, 3.8) is 0 Å². The zero-order chi connectivity index (χ0) is 26.0. The second kappa shape index (κ2) is 10.5. The summed E-state index contributed by atoms with van der Waals surface area (Å²) in [5.41, 5.74) is 3.10. The summed E-state index contributed by atoms with van der Waals surface area (Å²) in [6, 6.07) is 9.25. The van der Waals surface area contributed by atoms with E-state index in [4.69, 9.17) is 4.74 Å². The number of halogens is 3. The molecule has 0 spiro atoms. The van der Waals surface area contributed by atoms with E-state index < -0.39 is 18.1 Å². The van der Waals surface area contributed by atoms with E-state index in [1.54, 1.807) is 23.2 Å². The molecule has 1 aromatic carbocycles. The van der Waals surface area contributed by atoms with Crippen LogP contribution in [0.3, 0.4) is 0 Å². The van der Waals surface area contributed by atoms with E-state index in [9.17, 15) is 18.0 Å². The van der Waals surface area contributed by atoms with E-state index in [0.717, 1.165) is 41.1 Å². The first-order valence-corrected chi connectivity index (χ1v) is 12.5. The number of pyridine rings is 1. The molecule has 2 saturated heterocycles. The molecule has 2 aromatic heterocycles. The van der Waals surface area contributed by atoms with Crippen LogP contribution in [0.5, 0.6) is 0 Å². The molecule has 5 rings (SSSR count). The van der Waals surface area contributed by atoms with Gasteiger partial charge in [0.15, 0.2) is 0 Å². The molecule has 3 aromatic rings. The molecule has 0 saturated carbocycles. The Balaban J connectivity index is 1.31. The molecule has 2 aliphatic heterocycles. The number of benzene rings is 1. The van der Waals surface area contributed by atoms with E-state index in [1.165, 1.54) is 6.08 Å². The fourth-order valence-corrected chi connectivity index (χ4v) is 5.20. The minimum Gasteiger partial charge on any atom is -0.378 e. The largest absolute Gasteiger partial charge is 0.408 e. The monoisotopic (exact) mass is 513 g/mol. The number of aromatic nitrogens is 2. The average molecular weight is 514 g/mol. The van der Waals surface area contributed by atoms with Crippen LogP contribution >= 0.6 is 0 Å². The summed E-state index contributed by atoms with van der Waals surface area (Å²) in [5, 5.41) is 3.72. The van der Waals surface area contributed by atoms with Gasteiger partial charge in [0.2, 0.25) is 5.91 Å². The molecule has 37 heavy (non-hydrogen) atoms. The molecule has 1 amide bonds. The van der Waals surface area contributed by atoms with Crippen LogP contribution in [0.4, 0.5) is 24.7 Å². The highest BCUT2D eigenvalue weighted by Gasteiger charge is 2.45. The molecule has 0 bridgehead atoms. The number of hydrogen-bond acceptors (Lipinski definition) is 5. The van der Waals surface area contributed by atoms with Crippen molar-refractivity contribution in [2.24, 2.45) is 5.92 Å². The number of H-pyrrole nitrogens is 1. The second-order valence-corrected chi connectivity index (χ2v) is 9.49. The Morgan fingerprint density at radius 1 is 1.14 bits per heavy atom. The van der Waals surface area contributed by atoms with Crippen LogP contribution in [-0.2, 0) is 9.53 Å². The van der Waals surface area contributed by atoms with Gasteiger partial charge in [-0.05, 0) is 54.7 Å². The van der Waals surface area contributed by atoms with Crippen LogP contribution < -0.4 is 10.2 Å². The van der Waals surface area contributed by atoms with Crippen molar-refractivity contribution in [1.82, 2.24) is 14.9 Å². The number of amides is 1. The number of piperidine rings is 1. The number of rotatable bonds is 6. The fourth-order valence-electron chi connectivity index (χ4n) is 5.20. The number of anilines is 2. The first-order chi connectivity index (χ1) is 17.8. The molecule has 1 atom stereocenters. The minimum absolute atomic E-state index is 0.240. The van der Waals surface area contributed by atoms with Gasteiger partial charge in [0, 0.05) is 49.1 Å². The van der Waals surface area contributed by atoms with Crippen molar-refractivity contribution in [1.29, 1.82) is 0 Å². The van der Waals surface area contributed by atoms with Crippen molar-refractivity contribution in [2.75, 3.05) is 49.6 Å². The topological polar surface area (TPSA) is 73.5 Å². The Labute approximate surface area is 213 Å². The Morgan fingerprint density at radius 2 is 1.84 bits per heavy atom. The maximum absolute atomic E-state index is 14.0. The highest BCUT2D eigenvalue weighted by atomic mass is 19.4. The van der Waals surface area contributed by atoms with Crippen LogP contribution in [-0.4, -0.2) is 72.4 Å². The number of ether oxygens (including phenoxy) is 1. The number of morpholine rings is 1. The van der Waals surface area contributed by atoms with Gasteiger partial charge in [-0.25, -0.2) is 4.98 Å². The van der Waals surface area contributed by atoms with Gasteiger partial charge < -0.3 is 24.8 Å². The average Bonchev–Trinajstić information content (AvgIpc) is 3.36. The summed E-state index contributed by atoms with van der Waals surface area (Å²) in [7, 11) is 0. The zero-order valence-corrected chi connectivity index (χ0v) is 20.4. The van der Waals surface area contributed by atoms with Crippen LogP contribution in [0, 0.1) is 5.92 Å². The normalized spacial score (nSPS) is 18.1. The van der Waals surface area contributed by atoms with Crippen LogP contribution in [0.1, 0.15) is 12.8 Å². The van der Waals surface area contributed by atoms with Gasteiger partial charge in [-0.1, -0.05) is 18.7 Å². The van der Waals surface area contributed by atoms with Crippen molar-refractivity contribution in [2.45, 2.75) is 25.1 Å². The highest BCUT2D eigenvalue weighted by Crippen LogP contribution is 2.35. The van der Waals surface area contributed by atoms with Gasteiger partial charge in [0.1, 0.15) is 11.9 Å². The number of nitrogens with zero attached hydrogens (tertiary/aromatic N) is 3. The molecule has 2 aliphatic rings. The number of hydrogen-bond donors (Lipinski definition) is 2. The summed E-state index contributed by atoms with van der Waals surface area (Å²) in [5.74, 6) is 0.0409. The van der Waals surface area contributed by atoms with Gasteiger partial charge in [-0.15, -0.1) is 0 Å². The number of alkyl halides is 3. The maximum atomic E-state index is 14.0. The summed E-state index contributed by atoms with van der Waals surface area (Å²) in [6.45, 7) is 6.92. The van der Waals surface area contributed by atoms with E-state index in [0.29, 0.717) is 32.0 Å². The number of fused-ring (bicyclic) bond motifs is 1. The molecule has 7 nitrogen and oxygen atoms in total. The molecular weight excluding hydrogens is 483 g/mol. The predicted molar refractivity (Wildman–Crippen MR) is 138 cm³/mol. The van der Waals surface area contributed by atoms with Crippen LogP contribution in [0.25, 0.3) is 22.2 Å². The third-order valence-corrected chi connectivity index (χ3v) is 7.21. The lowest BCUT2D eigenvalue weighted by atomic mass is 9.88. The molecular formula is C27H30F3N5O2. The Hall–Kier alpha value is -3.53. The van der Waals surface area contributed by atoms with Crippen LogP contribution in [0.15, 0.2) is 55.3 Å². The van der Waals surface area contributed by atoms with Gasteiger partial charge >= 0.3 is 6.18 Å². The van der Waals surface area contributed by atoms with Crippen molar-refractivity contribution in [3.8, 4) is 11.3 Å². The Bertz CT molecular complexity index is 1240. The standard InChI is InChI=1S/C27H30F3N5O2/c1-2-24(36)34-11-8-19(9-12-34)25(27(28,29)30)32-20-5-3-18(4-6-20)23-17-21-22(33-23)7-10-31-26(21)35-13-15-37-16-14-35/h2-7,10,17,19,25,32-33H,1,8-9,11-16H2/t25-/m1/s1. The molecule has 0 radical (unpaired) electrons. The first kappa shape index (κ1) is 25.1. The minimum atomic E-state index is -4.41. The third-order valence-electron chi connectivity index (χ3n) is 7.21. The molecule has 2 fully saturated rings. The Kier molecular flexibility index (Phi) is 7.10. The van der Waals surface area contributed by atoms with Crippen molar-refractivity contribution < 1.29 is 22.7 Å². The number of likely N-dealkylation sites (tertiary alicyclic amines) is 1. The van der Waals surface area contributed by atoms with E-state index in [-0.39, 0.29) is 18.7 Å². The SMILES string of the molecule is C=CC(=O)N1CCC([C@@H](Nc2ccc(-c3cc4c(N5CCOCC5)nccc4[nH]3)cc2)C(F)(F)F)CC1. The summed E-state index contributed by atoms with van der Waals surface area (Å²) in [4.78, 5) is 23.5. The number of carbonyl (C=O) groups excluding carboxylic acids is 1. The third kappa shape index (κ3) is 5.44. The number of carbonyl (C=O) groups is 1. The van der Waals surface area contributed by atoms with Crippen molar-refractivity contribution in [3.05, 3.63) is 55.3 Å². The second-order valence-electron chi connectivity index (χ2n) is 9.49. The number of aromatic amines is 1. The first-order valence-electron chi connectivity index (χ1n) is 12.5. The van der Waals surface area contributed by atoms with Crippen LogP contribution in [0.2, 0.25) is 0 Å². The quantitative estimate of drug-likeness (QED) is 0.462. The Morgan fingerprint density at radius 3 is 2.49 bits per heavy atom. The number of nitrogens with one attached hydrogen (secondary N) is 2. The summed E-state index contributed by atoms with van der Waals surface area (Å²) in [6.07, 6.45) is -0.870. The summed E-state index contributed by atoms with van der Waals surface area (Å²) >= 11 is 0. The lowest BCUT2D eigenvalue weighted by Gasteiger charge is -2.37. The molecule has 0 unspecified atom stereocenters. The van der Waals surface area contributed by atoms with Gasteiger partial charge in [0.25, 0.3) is 0 Å². The van der Waals surface area contributed by atoms with E-state index in [1.807, 2.05) is 24.3 Å². The highest BCUT2D eigenvalue weighted by molar-refractivity contribution is 5.94. The van der Waals surface area contributed by atoms with Gasteiger partial charge in [0.05, 0.1) is 18.7 Å². The molecule has 10 heteroatoms. The molecule has 196 valence electrons. The predicted octanol–water partition coefficient (Wildman–Crippen LogP) is 4.83. The molecule has 4 heterocycles.